The van der Waals surface area contributed by atoms with Crippen LogP contribution in [0.2, 0.25) is 0 Å². The van der Waals surface area contributed by atoms with E-state index in [1.807, 2.05) is 4.90 Å². The molecule has 118 valence electrons. The van der Waals surface area contributed by atoms with Crippen LogP contribution in [0, 0.1) is 16.0 Å². The monoisotopic (exact) mass is 323 g/mol. The average Bonchev–Trinajstić information content (AvgIpc) is 3.05. The molecule has 1 N–H and O–H groups in total. The Morgan fingerprint density at radius 2 is 2.45 bits per heavy atom. The molecule has 1 atom stereocenters. The Hall–Kier alpha value is -2.16. The summed E-state index contributed by atoms with van der Waals surface area (Å²) in [4.78, 5) is 29.1. The van der Waals surface area contributed by atoms with Crippen LogP contribution in [-0.2, 0) is 4.79 Å². The van der Waals surface area contributed by atoms with Crippen molar-refractivity contribution >= 4 is 33.8 Å². The second-order valence-corrected chi connectivity index (χ2v) is 6.34. The Morgan fingerprint density at radius 1 is 1.64 bits per heavy atom. The van der Waals surface area contributed by atoms with Crippen molar-refractivity contribution in [3.05, 3.63) is 21.7 Å². The summed E-state index contributed by atoms with van der Waals surface area (Å²) >= 11 is 1.38. The lowest BCUT2D eigenvalue weighted by Gasteiger charge is -2.32. The lowest BCUT2D eigenvalue weighted by Crippen LogP contribution is -2.41. The number of nitrogens with zero attached hydrogens (tertiary/aromatic N) is 4. The minimum absolute atomic E-state index is 0.0245. The molecule has 3 heterocycles. The minimum atomic E-state index is -0.376. The topological polar surface area (TPSA) is 92.8 Å². The van der Waals surface area contributed by atoms with Crippen LogP contribution in [0.15, 0.2) is 11.6 Å². The third-order valence-corrected chi connectivity index (χ3v) is 4.61. The normalized spacial score (nSPS) is 18.6. The first-order valence-electron chi connectivity index (χ1n) is 7.15. The van der Waals surface area contributed by atoms with Crippen molar-refractivity contribution in [2.75, 3.05) is 24.5 Å². The van der Waals surface area contributed by atoms with E-state index < -0.39 is 0 Å². The zero-order valence-corrected chi connectivity index (χ0v) is 13.0. The molecule has 1 aliphatic rings. The molecule has 1 amide bonds. The second kappa shape index (κ2) is 5.91. The van der Waals surface area contributed by atoms with Gasteiger partial charge in [0.1, 0.15) is 6.20 Å². The number of carbonyl (C=O) groups is 1. The Bertz CT molecular complexity index is 710. The summed E-state index contributed by atoms with van der Waals surface area (Å²) in [5, 5.41) is 16.0. The first-order valence-corrected chi connectivity index (χ1v) is 8.03. The van der Waals surface area contributed by atoms with Gasteiger partial charge in [0.05, 0.1) is 0 Å². The minimum Gasteiger partial charge on any atom is -0.358 e. The highest BCUT2D eigenvalue weighted by Crippen LogP contribution is 2.33. The van der Waals surface area contributed by atoms with Crippen molar-refractivity contribution in [2.45, 2.75) is 19.8 Å². The summed E-state index contributed by atoms with van der Waals surface area (Å²) in [6.45, 7) is 3.52. The Morgan fingerprint density at radius 3 is 3.18 bits per heavy atom. The number of nitro groups is 1. The molecule has 1 aliphatic heterocycles. The summed E-state index contributed by atoms with van der Waals surface area (Å²) < 4.78 is 1.53. The molecule has 3 rings (SSSR count). The molecule has 2 aromatic heterocycles. The van der Waals surface area contributed by atoms with Crippen LogP contribution in [0.1, 0.15) is 19.8 Å². The van der Waals surface area contributed by atoms with Gasteiger partial charge in [0.2, 0.25) is 11.7 Å². The van der Waals surface area contributed by atoms with Crippen molar-refractivity contribution < 1.29 is 9.72 Å². The standard InChI is InChI=1S/C13H17N5O3S/c1-9(19)14-7-10-3-2-4-16(8-10)11-12(18(20)21)17-5-6-22-13(17)15-11/h5-6,10H,2-4,7-8H2,1H3,(H,14,19). The largest absolute Gasteiger partial charge is 0.373 e. The van der Waals surface area contributed by atoms with Crippen LogP contribution in [0.5, 0.6) is 0 Å². The fraction of sp³-hybridized carbons (Fsp3) is 0.538. The Labute approximate surface area is 130 Å². The Kier molecular flexibility index (Phi) is 3.97. The summed E-state index contributed by atoms with van der Waals surface area (Å²) in [7, 11) is 0. The van der Waals surface area contributed by atoms with E-state index in [0.717, 1.165) is 19.4 Å². The zero-order chi connectivity index (χ0) is 15.7. The number of thiazole rings is 1. The maximum atomic E-state index is 11.4. The molecule has 1 fully saturated rings. The fourth-order valence-corrected chi connectivity index (χ4v) is 3.56. The molecule has 0 radical (unpaired) electrons. The van der Waals surface area contributed by atoms with Gasteiger partial charge in [-0.3, -0.25) is 4.79 Å². The van der Waals surface area contributed by atoms with Crippen LogP contribution >= 0.6 is 11.3 Å². The van der Waals surface area contributed by atoms with E-state index >= 15 is 0 Å². The zero-order valence-electron chi connectivity index (χ0n) is 12.2. The van der Waals surface area contributed by atoms with Gasteiger partial charge < -0.3 is 20.3 Å². The highest BCUT2D eigenvalue weighted by molar-refractivity contribution is 7.15. The molecule has 0 saturated carbocycles. The molecular weight excluding hydrogens is 306 g/mol. The van der Waals surface area contributed by atoms with Crippen molar-refractivity contribution in [1.29, 1.82) is 0 Å². The molecule has 0 spiro atoms. The van der Waals surface area contributed by atoms with E-state index in [1.165, 1.54) is 22.7 Å². The van der Waals surface area contributed by atoms with E-state index in [1.54, 1.807) is 11.6 Å². The third-order valence-electron chi connectivity index (χ3n) is 3.85. The van der Waals surface area contributed by atoms with Gasteiger partial charge in [-0.15, -0.1) is 0 Å². The van der Waals surface area contributed by atoms with E-state index in [-0.39, 0.29) is 22.6 Å². The van der Waals surface area contributed by atoms with Crippen molar-refractivity contribution in [3.63, 3.8) is 0 Å². The highest BCUT2D eigenvalue weighted by Gasteiger charge is 2.31. The lowest BCUT2D eigenvalue weighted by molar-refractivity contribution is -0.389. The number of amides is 1. The van der Waals surface area contributed by atoms with E-state index in [9.17, 15) is 14.9 Å². The van der Waals surface area contributed by atoms with Gasteiger partial charge in [-0.05, 0) is 23.7 Å². The van der Waals surface area contributed by atoms with E-state index in [0.29, 0.717) is 23.9 Å². The van der Waals surface area contributed by atoms with Gasteiger partial charge in [-0.2, -0.15) is 9.38 Å². The van der Waals surface area contributed by atoms with Crippen LogP contribution in [-0.4, -0.2) is 39.8 Å². The predicted octanol–water partition coefficient (Wildman–Crippen LogP) is 1.66. The number of hydrogen-bond donors (Lipinski definition) is 1. The van der Waals surface area contributed by atoms with Gasteiger partial charge in [-0.1, -0.05) is 11.3 Å². The quantitative estimate of drug-likeness (QED) is 0.682. The maximum absolute atomic E-state index is 11.4. The Balaban J connectivity index is 1.84. The van der Waals surface area contributed by atoms with Crippen LogP contribution in [0.4, 0.5) is 11.6 Å². The van der Waals surface area contributed by atoms with Crippen LogP contribution in [0.25, 0.3) is 4.96 Å². The first kappa shape index (κ1) is 14.8. The average molecular weight is 323 g/mol. The van der Waals surface area contributed by atoms with Gasteiger partial charge >= 0.3 is 5.82 Å². The van der Waals surface area contributed by atoms with Gasteiger partial charge in [0, 0.05) is 31.9 Å². The number of hydrogen-bond acceptors (Lipinski definition) is 6. The SMILES string of the molecule is CC(=O)NCC1CCCN(c2nc3sccn3c2[N+](=O)[O-])C1. The van der Waals surface area contributed by atoms with Crippen molar-refractivity contribution in [3.8, 4) is 0 Å². The molecule has 22 heavy (non-hydrogen) atoms. The van der Waals surface area contributed by atoms with Crippen LogP contribution in [0.3, 0.4) is 0 Å². The lowest BCUT2D eigenvalue weighted by atomic mass is 9.98. The predicted molar refractivity (Wildman–Crippen MR) is 83.3 cm³/mol. The molecule has 9 heteroatoms. The molecule has 0 aromatic carbocycles. The number of fused-ring (bicyclic) bond motifs is 1. The molecule has 8 nitrogen and oxygen atoms in total. The number of aromatic nitrogens is 2. The molecule has 0 aliphatic carbocycles. The summed E-state index contributed by atoms with van der Waals surface area (Å²) in [5.41, 5.74) is 0. The molecule has 1 unspecified atom stereocenters. The molecule has 1 saturated heterocycles. The van der Waals surface area contributed by atoms with Gasteiger partial charge in [-0.25, -0.2) is 0 Å². The number of carbonyl (C=O) groups excluding carboxylic acids is 1. The van der Waals surface area contributed by atoms with Gasteiger partial charge in [0.25, 0.3) is 4.96 Å². The second-order valence-electron chi connectivity index (χ2n) is 5.46. The number of rotatable bonds is 4. The number of nitrogens with one attached hydrogen (secondary N) is 1. The summed E-state index contributed by atoms with van der Waals surface area (Å²) in [6.07, 6.45) is 3.62. The van der Waals surface area contributed by atoms with Gasteiger partial charge in [0.15, 0.2) is 0 Å². The smallest absolute Gasteiger partial charge is 0.358 e. The summed E-state index contributed by atoms with van der Waals surface area (Å²) in [6, 6.07) is 0. The summed E-state index contributed by atoms with van der Waals surface area (Å²) in [5.74, 6) is 0.698. The van der Waals surface area contributed by atoms with E-state index in [4.69, 9.17) is 0 Å². The van der Waals surface area contributed by atoms with Crippen LogP contribution < -0.4 is 10.2 Å². The van der Waals surface area contributed by atoms with E-state index in [2.05, 4.69) is 10.3 Å². The molecule has 2 aromatic rings. The first-order chi connectivity index (χ1) is 10.6. The number of anilines is 1. The van der Waals surface area contributed by atoms with Crippen molar-refractivity contribution in [2.24, 2.45) is 5.92 Å². The third kappa shape index (κ3) is 2.76. The molecule has 0 bridgehead atoms. The highest BCUT2D eigenvalue weighted by atomic mass is 32.1. The maximum Gasteiger partial charge on any atom is 0.373 e. The van der Waals surface area contributed by atoms with Crippen molar-refractivity contribution in [1.82, 2.24) is 14.7 Å². The molecular formula is C13H17N5O3S. The fourth-order valence-electron chi connectivity index (χ4n) is 2.86. The number of imidazole rings is 1. The number of piperidine rings is 1.